The van der Waals surface area contributed by atoms with Gasteiger partial charge < -0.3 is 10.2 Å². The third-order valence-electron chi connectivity index (χ3n) is 3.65. The Labute approximate surface area is 124 Å². The monoisotopic (exact) mass is 306 g/mol. The van der Waals surface area contributed by atoms with Crippen LogP contribution in [0.1, 0.15) is 33.1 Å². The van der Waals surface area contributed by atoms with E-state index in [1.165, 1.54) is 4.31 Å². The van der Waals surface area contributed by atoms with E-state index in [2.05, 4.69) is 35.8 Å². The van der Waals surface area contributed by atoms with Crippen molar-refractivity contribution >= 4 is 10.2 Å². The molecule has 1 heterocycles. The number of hydrogen-bond acceptors (Lipinski definition) is 4. The number of nitrogens with zero attached hydrogens (tertiary/aromatic N) is 2. The summed E-state index contributed by atoms with van der Waals surface area (Å²) in [6.07, 6.45) is 2.60. The highest BCUT2D eigenvalue weighted by molar-refractivity contribution is 7.87. The predicted octanol–water partition coefficient (Wildman–Crippen LogP) is 0.235. The molecule has 0 bridgehead atoms. The van der Waals surface area contributed by atoms with Crippen LogP contribution in [0.5, 0.6) is 0 Å². The van der Waals surface area contributed by atoms with Gasteiger partial charge in [-0.05, 0) is 45.9 Å². The van der Waals surface area contributed by atoms with Gasteiger partial charge in [-0.15, -0.1) is 0 Å². The Morgan fingerprint density at radius 2 is 1.90 bits per heavy atom. The molecule has 0 atom stereocenters. The Morgan fingerprint density at radius 1 is 1.30 bits per heavy atom. The zero-order valence-corrected chi connectivity index (χ0v) is 14.0. The summed E-state index contributed by atoms with van der Waals surface area (Å²) in [4.78, 5) is 2.23. The molecule has 0 amide bonds. The molecule has 6 nitrogen and oxygen atoms in total. The van der Waals surface area contributed by atoms with Crippen LogP contribution >= 0.6 is 0 Å². The first-order valence-electron chi connectivity index (χ1n) is 7.47. The number of likely N-dealkylation sites (tertiary alicyclic amines) is 1. The van der Waals surface area contributed by atoms with Gasteiger partial charge in [0, 0.05) is 25.7 Å². The van der Waals surface area contributed by atoms with Crippen molar-refractivity contribution < 1.29 is 8.42 Å². The van der Waals surface area contributed by atoms with Crippen LogP contribution in [0.15, 0.2) is 0 Å². The normalized spacial score (nSPS) is 19.1. The second-order valence-corrected chi connectivity index (χ2v) is 7.79. The lowest BCUT2D eigenvalue weighted by Crippen LogP contribution is -2.48. The summed E-state index contributed by atoms with van der Waals surface area (Å²) in [6.45, 7) is 7.46. The summed E-state index contributed by atoms with van der Waals surface area (Å²) < 4.78 is 28.6. The quantitative estimate of drug-likeness (QED) is 0.630. The van der Waals surface area contributed by atoms with Crippen molar-refractivity contribution in [3.63, 3.8) is 0 Å². The standard InChI is InChI=1S/C13H30N4O2S/c1-12(2)14-8-5-9-17(4)20(18,19)15-13-6-10-16(3)11-7-13/h12-15H,5-11H2,1-4H3. The molecule has 1 rings (SSSR count). The maximum Gasteiger partial charge on any atom is 0.279 e. The van der Waals surface area contributed by atoms with Crippen LogP contribution in [0.4, 0.5) is 0 Å². The van der Waals surface area contributed by atoms with Crippen LogP contribution < -0.4 is 10.0 Å². The van der Waals surface area contributed by atoms with Gasteiger partial charge in [0.2, 0.25) is 0 Å². The Hall–Kier alpha value is -0.210. The van der Waals surface area contributed by atoms with Crippen LogP contribution in [0.2, 0.25) is 0 Å². The minimum absolute atomic E-state index is 0.0763. The Bertz CT molecular complexity index is 365. The van der Waals surface area contributed by atoms with Crippen LogP contribution in [0, 0.1) is 0 Å². The molecular formula is C13H30N4O2S. The third-order valence-corrected chi connectivity index (χ3v) is 5.28. The SMILES string of the molecule is CC(C)NCCCN(C)S(=O)(=O)NC1CCN(C)CC1. The molecular weight excluding hydrogens is 276 g/mol. The van der Waals surface area contributed by atoms with Crippen molar-refractivity contribution in [2.75, 3.05) is 40.3 Å². The van der Waals surface area contributed by atoms with E-state index in [9.17, 15) is 8.42 Å². The topological polar surface area (TPSA) is 64.7 Å². The van der Waals surface area contributed by atoms with Gasteiger partial charge >= 0.3 is 0 Å². The Kier molecular flexibility index (Phi) is 7.39. The molecule has 0 aromatic rings. The van der Waals surface area contributed by atoms with Gasteiger partial charge in [-0.2, -0.15) is 17.4 Å². The first-order chi connectivity index (χ1) is 9.31. The molecule has 7 heteroatoms. The maximum atomic E-state index is 12.2. The summed E-state index contributed by atoms with van der Waals surface area (Å²) in [5, 5.41) is 3.29. The molecule has 0 radical (unpaired) electrons. The van der Waals surface area contributed by atoms with Gasteiger partial charge in [0.05, 0.1) is 0 Å². The molecule has 0 unspecified atom stereocenters. The molecule has 0 aliphatic carbocycles. The van der Waals surface area contributed by atoms with E-state index in [0.717, 1.165) is 38.9 Å². The molecule has 1 aliphatic rings. The number of hydrogen-bond donors (Lipinski definition) is 2. The average Bonchev–Trinajstić information content (AvgIpc) is 2.36. The second kappa shape index (κ2) is 8.29. The fraction of sp³-hybridized carbons (Fsp3) is 1.00. The average molecular weight is 306 g/mol. The van der Waals surface area contributed by atoms with E-state index in [1.54, 1.807) is 7.05 Å². The van der Waals surface area contributed by atoms with Gasteiger partial charge in [0.1, 0.15) is 0 Å². The zero-order valence-electron chi connectivity index (χ0n) is 13.2. The van der Waals surface area contributed by atoms with Crippen molar-refractivity contribution in [1.29, 1.82) is 0 Å². The molecule has 1 saturated heterocycles. The highest BCUT2D eigenvalue weighted by Crippen LogP contribution is 2.10. The Morgan fingerprint density at radius 3 is 2.45 bits per heavy atom. The van der Waals surface area contributed by atoms with Gasteiger partial charge in [-0.3, -0.25) is 0 Å². The lowest BCUT2D eigenvalue weighted by atomic mass is 10.1. The zero-order chi connectivity index (χ0) is 15.2. The number of rotatable bonds is 8. The fourth-order valence-electron chi connectivity index (χ4n) is 2.24. The van der Waals surface area contributed by atoms with Crippen LogP contribution in [-0.2, 0) is 10.2 Å². The summed E-state index contributed by atoms with van der Waals surface area (Å²) in [5.74, 6) is 0. The first kappa shape index (κ1) is 17.8. The van der Waals surface area contributed by atoms with Gasteiger partial charge in [0.25, 0.3) is 10.2 Å². The van der Waals surface area contributed by atoms with E-state index < -0.39 is 10.2 Å². The van der Waals surface area contributed by atoms with Crippen LogP contribution in [0.25, 0.3) is 0 Å². The fourth-order valence-corrected chi connectivity index (χ4v) is 3.45. The predicted molar refractivity (Wildman–Crippen MR) is 83.0 cm³/mol. The highest BCUT2D eigenvalue weighted by Gasteiger charge is 2.24. The smallest absolute Gasteiger partial charge is 0.279 e. The van der Waals surface area contributed by atoms with E-state index in [1.807, 2.05) is 0 Å². The van der Waals surface area contributed by atoms with E-state index >= 15 is 0 Å². The van der Waals surface area contributed by atoms with Crippen molar-refractivity contribution in [1.82, 2.24) is 19.2 Å². The summed E-state index contributed by atoms with van der Waals surface area (Å²) in [5.41, 5.74) is 0. The molecule has 2 N–H and O–H groups in total. The van der Waals surface area contributed by atoms with Crippen molar-refractivity contribution in [3.05, 3.63) is 0 Å². The molecule has 0 spiro atoms. The minimum atomic E-state index is -3.34. The summed E-state index contributed by atoms with van der Waals surface area (Å²) in [6, 6.07) is 0.515. The van der Waals surface area contributed by atoms with Crippen molar-refractivity contribution in [2.24, 2.45) is 0 Å². The Balaban J connectivity index is 2.31. The van der Waals surface area contributed by atoms with Gasteiger partial charge in [-0.1, -0.05) is 13.8 Å². The molecule has 0 saturated carbocycles. The molecule has 120 valence electrons. The van der Waals surface area contributed by atoms with E-state index in [4.69, 9.17) is 0 Å². The number of piperidine rings is 1. The molecule has 20 heavy (non-hydrogen) atoms. The van der Waals surface area contributed by atoms with Gasteiger partial charge in [-0.25, -0.2) is 0 Å². The number of nitrogens with one attached hydrogen (secondary N) is 2. The minimum Gasteiger partial charge on any atom is -0.314 e. The van der Waals surface area contributed by atoms with Crippen molar-refractivity contribution in [3.8, 4) is 0 Å². The first-order valence-corrected chi connectivity index (χ1v) is 8.91. The largest absolute Gasteiger partial charge is 0.314 e. The third kappa shape index (κ3) is 6.49. The molecule has 1 aliphatic heterocycles. The van der Waals surface area contributed by atoms with E-state index in [-0.39, 0.29) is 6.04 Å². The second-order valence-electron chi connectivity index (χ2n) is 5.98. The lowest BCUT2D eigenvalue weighted by Gasteiger charge is -2.30. The summed E-state index contributed by atoms with van der Waals surface area (Å²) >= 11 is 0. The van der Waals surface area contributed by atoms with E-state index in [0.29, 0.717) is 12.6 Å². The summed E-state index contributed by atoms with van der Waals surface area (Å²) in [7, 11) is 0.372. The van der Waals surface area contributed by atoms with Gasteiger partial charge in [0.15, 0.2) is 0 Å². The highest BCUT2D eigenvalue weighted by atomic mass is 32.2. The maximum absolute atomic E-state index is 12.2. The van der Waals surface area contributed by atoms with Crippen molar-refractivity contribution in [2.45, 2.75) is 45.2 Å². The van der Waals surface area contributed by atoms with Crippen LogP contribution in [-0.4, -0.2) is 70.0 Å². The molecule has 1 fully saturated rings. The molecule has 0 aromatic carbocycles. The lowest BCUT2D eigenvalue weighted by molar-refractivity contribution is 0.246. The molecule has 0 aromatic heterocycles. The van der Waals surface area contributed by atoms with Crippen LogP contribution in [0.3, 0.4) is 0 Å².